The van der Waals surface area contributed by atoms with Crippen LogP contribution >= 0.6 is 0 Å². The molecular formula is C19H27N5. The highest BCUT2D eigenvalue weighted by atomic mass is 15.2. The average Bonchev–Trinajstić information content (AvgIpc) is 3.04. The molecular weight excluding hydrogens is 298 g/mol. The predicted molar refractivity (Wildman–Crippen MR) is 99.4 cm³/mol. The lowest BCUT2D eigenvalue weighted by atomic mass is 9.97. The third kappa shape index (κ3) is 4.60. The molecule has 0 aromatic carbocycles. The summed E-state index contributed by atoms with van der Waals surface area (Å²) >= 11 is 0. The van der Waals surface area contributed by atoms with Gasteiger partial charge in [0.05, 0.1) is 5.69 Å². The van der Waals surface area contributed by atoms with Crippen molar-refractivity contribution < 1.29 is 0 Å². The molecule has 0 fully saturated rings. The van der Waals surface area contributed by atoms with E-state index in [4.69, 9.17) is 0 Å². The molecule has 0 saturated heterocycles. The van der Waals surface area contributed by atoms with Gasteiger partial charge < -0.3 is 15.0 Å². The van der Waals surface area contributed by atoms with Crippen LogP contribution in [0.5, 0.6) is 0 Å². The molecule has 128 valence electrons. The maximum Gasteiger partial charge on any atom is 0.190 e. The van der Waals surface area contributed by atoms with Gasteiger partial charge >= 0.3 is 0 Å². The molecule has 0 atom stereocenters. The lowest BCUT2D eigenvalue weighted by Crippen LogP contribution is -2.38. The number of hydrogen-bond donors (Lipinski definition) is 2. The Morgan fingerprint density at radius 1 is 1.21 bits per heavy atom. The number of hydrogen-bond acceptors (Lipinski definition) is 2. The summed E-state index contributed by atoms with van der Waals surface area (Å²) in [5.74, 6) is 0.871. The van der Waals surface area contributed by atoms with Crippen molar-refractivity contribution in [3.63, 3.8) is 0 Å². The molecule has 2 aromatic rings. The third-order valence-corrected chi connectivity index (χ3v) is 4.43. The average molecular weight is 325 g/mol. The number of aromatic nitrogens is 2. The monoisotopic (exact) mass is 325 g/mol. The van der Waals surface area contributed by atoms with Crippen molar-refractivity contribution in [3.05, 3.63) is 47.9 Å². The third-order valence-electron chi connectivity index (χ3n) is 4.43. The number of rotatable bonds is 6. The van der Waals surface area contributed by atoms with Gasteiger partial charge in [-0.3, -0.25) is 4.99 Å². The van der Waals surface area contributed by atoms with Crippen molar-refractivity contribution in [2.75, 3.05) is 20.1 Å². The van der Waals surface area contributed by atoms with Gasteiger partial charge in [0.15, 0.2) is 5.96 Å². The number of nitrogens with zero attached hydrogens (tertiary/aromatic N) is 3. The van der Waals surface area contributed by atoms with Gasteiger partial charge in [-0.1, -0.05) is 17.7 Å². The summed E-state index contributed by atoms with van der Waals surface area (Å²) in [7, 11) is 1.82. The minimum absolute atomic E-state index is 0.826. The summed E-state index contributed by atoms with van der Waals surface area (Å²) < 4.78 is 2.06. The van der Waals surface area contributed by atoms with Crippen LogP contribution in [0.25, 0.3) is 5.65 Å². The van der Waals surface area contributed by atoms with Crippen molar-refractivity contribution in [1.82, 2.24) is 20.0 Å². The van der Waals surface area contributed by atoms with E-state index in [9.17, 15) is 0 Å². The van der Waals surface area contributed by atoms with Crippen LogP contribution in [-0.4, -0.2) is 35.5 Å². The molecule has 0 amide bonds. The van der Waals surface area contributed by atoms with Crippen LogP contribution in [0, 0.1) is 0 Å². The Bertz CT molecular complexity index is 680. The van der Waals surface area contributed by atoms with Crippen LogP contribution in [-0.2, 0) is 6.42 Å². The molecule has 0 unspecified atom stereocenters. The van der Waals surface area contributed by atoms with Crippen molar-refractivity contribution in [3.8, 4) is 0 Å². The maximum atomic E-state index is 4.61. The Morgan fingerprint density at radius 2 is 2.08 bits per heavy atom. The molecule has 1 aliphatic carbocycles. The summed E-state index contributed by atoms with van der Waals surface area (Å²) in [5, 5.41) is 6.77. The molecule has 24 heavy (non-hydrogen) atoms. The van der Waals surface area contributed by atoms with Gasteiger partial charge in [-0.05, 0) is 44.2 Å². The standard InChI is InChI=1S/C19H27N5/c1-20-19(21-12-10-16-7-3-2-4-8-16)22-13-11-17-15-24-14-6-5-9-18(24)23-17/h5-7,9,14-15H,2-4,8,10-13H2,1H3,(H2,20,21,22). The first-order chi connectivity index (χ1) is 11.8. The predicted octanol–water partition coefficient (Wildman–Crippen LogP) is 2.93. The van der Waals surface area contributed by atoms with Crippen LogP contribution in [0.3, 0.4) is 0 Å². The number of guanidine groups is 1. The molecule has 5 nitrogen and oxygen atoms in total. The fraction of sp³-hybridized carbons (Fsp3) is 0.474. The summed E-state index contributed by atoms with van der Waals surface area (Å²) in [6, 6.07) is 6.06. The lowest BCUT2D eigenvalue weighted by molar-refractivity contribution is 0.665. The van der Waals surface area contributed by atoms with E-state index in [0.717, 1.165) is 43.2 Å². The summed E-state index contributed by atoms with van der Waals surface area (Å²) in [4.78, 5) is 8.91. The van der Waals surface area contributed by atoms with E-state index in [2.05, 4.69) is 37.3 Å². The van der Waals surface area contributed by atoms with E-state index in [0.29, 0.717) is 0 Å². The topological polar surface area (TPSA) is 53.7 Å². The van der Waals surface area contributed by atoms with Crippen molar-refractivity contribution in [1.29, 1.82) is 0 Å². The molecule has 1 aliphatic rings. The molecule has 0 radical (unpaired) electrons. The fourth-order valence-electron chi connectivity index (χ4n) is 3.11. The largest absolute Gasteiger partial charge is 0.356 e. The molecule has 0 spiro atoms. The maximum absolute atomic E-state index is 4.61. The van der Waals surface area contributed by atoms with E-state index < -0.39 is 0 Å². The van der Waals surface area contributed by atoms with Gasteiger partial charge in [-0.2, -0.15) is 0 Å². The van der Waals surface area contributed by atoms with E-state index >= 15 is 0 Å². The Kier molecular flexibility index (Phi) is 5.88. The van der Waals surface area contributed by atoms with Crippen LogP contribution in [0.1, 0.15) is 37.8 Å². The molecule has 2 N–H and O–H groups in total. The molecule has 3 rings (SSSR count). The smallest absolute Gasteiger partial charge is 0.190 e. The van der Waals surface area contributed by atoms with Gasteiger partial charge in [0.25, 0.3) is 0 Å². The number of imidazole rings is 1. The molecule has 0 saturated carbocycles. The van der Waals surface area contributed by atoms with E-state index in [1.165, 1.54) is 25.7 Å². The Balaban J connectivity index is 1.40. The molecule has 0 aliphatic heterocycles. The quantitative estimate of drug-likeness (QED) is 0.488. The van der Waals surface area contributed by atoms with Crippen molar-refractivity contribution >= 4 is 11.6 Å². The van der Waals surface area contributed by atoms with Crippen LogP contribution in [0.15, 0.2) is 47.2 Å². The summed E-state index contributed by atoms with van der Waals surface area (Å²) in [6.07, 6.45) is 13.7. The minimum Gasteiger partial charge on any atom is -0.356 e. The van der Waals surface area contributed by atoms with E-state index in [-0.39, 0.29) is 0 Å². The van der Waals surface area contributed by atoms with Gasteiger partial charge in [0, 0.05) is 39.0 Å². The second-order valence-corrected chi connectivity index (χ2v) is 6.23. The Labute approximate surface area is 143 Å². The highest BCUT2D eigenvalue weighted by Gasteiger charge is 2.05. The first-order valence-electron chi connectivity index (χ1n) is 8.90. The van der Waals surface area contributed by atoms with Crippen molar-refractivity contribution in [2.24, 2.45) is 4.99 Å². The van der Waals surface area contributed by atoms with E-state index in [1.807, 2.05) is 31.4 Å². The Hall–Kier alpha value is -2.30. The van der Waals surface area contributed by atoms with Gasteiger partial charge in [-0.15, -0.1) is 0 Å². The van der Waals surface area contributed by atoms with Gasteiger partial charge in [-0.25, -0.2) is 4.98 Å². The van der Waals surface area contributed by atoms with Crippen LogP contribution < -0.4 is 10.6 Å². The zero-order valence-corrected chi connectivity index (χ0v) is 14.5. The molecule has 0 bridgehead atoms. The number of aliphatic imine (C=N–C) groups is 1. The van der Waals surface area contributed by atoms with Crippen LogP contribution in [0.2, 0.25) is 0 Å². The van der Waals surface area contributed by atoms with Gasteiger partial charge in [0.2, 0.25) is 0 Å². The second-order valence-electron chi connectivity index (χ2n) is 6.23. The minimum atomic E-state index is 0.826. The first-order valence-corrected chi connectivity index (χ1v) is 8.90. The molecule has 5 heteroatoms. The Morgan fingerprint density at radius 3 is 2.83 bits per heavy atom. The molecule has 2 heterocycles. The summed E-state index contributed by atoms with van der Waals surface area (Å²) in [6.45, 7) is 1.77. The van der Waals surface area contributed by atoms with Crippen molar-refractivity contribution in [2.45, 2.75) is 38.5 Å². The number of fused-ring (bicyclic) bond motifs is 1. The number of nitrogens with one attached hydrogen (secondary N) is 2. The SMILES string of the molecule is CN=C(NCCC1=CCCCC1)NCCc1cn2ccccc2n1. The number of pyridine rings is 1. The second kappa shape index (κ2) is 8.52. The normalized spacial score (nSPS) is 15.4. The first kappa shape index (κ1) is 16.6. The molecule has 2 aromatic heterocycles. The highest BCUT2D eigenvalue weighted by Crippen LogP contribution is 2.19. The zero-order valence-electron chi connectivity index (χ0n) is 14.5. The fourth-order valence-corrected chi connectivity index (χ4v) is 3.11. The number of allylic oxidation sites excluding steroid dienone is 1. The van der Waals surface area contributed by atoms with E-state index in [1.54, 1.807) is 5.57 Å². The lowest BCUT2D eigenvalue weighted by Gasteiger charge is -2.15. The zero-order chi connectivity index (χ0) is 16.6. The highest BCUT2D eigenvalue weighted by molar-refractivity contribution is 5.79. The summed E-state index contributed by atoms with van der Waals surface area (Å²) in [5.41, 5.74) is 3.68. The van der Waals surface area contributed by atoms with Crippen LogP contribution in [0.4, 0.5) is 0 Å². The van der Waals surface area contributed by atoms with Gasteiger partial charge in [0.1, 0.15) is 5.65 Å².